The van der Waals surface area contributed by atoms with Crippen molar-refractivity contribution >= 4 is 27.5 Å². The van der Waals surface area contributed by atoms with Crippen LogP contribution >= 0.6 is 0 Å². The summed E-state index contributed by atoms with van der Waals surface area (Å²) in [6, 6.07) is 10.1. The fraction of sp³-hybridized carbons (Fsp3) is 0.382. The molecule has 0 radical (unpaired) electrons. The molecule has 1 atom stereocenters. The highest BCUT2D eigenvalue weighted by Gasteiger charge is 2.47. The molecule has 0 aliphatic carbocycles. The summed E-state index contributed by atoms with van der Waals surface area (Å²) >= 11 is 0. The van der Waals surface area contributed by atoms with Crippen LogP contribution in [-0.4, -0.2) is 60.6 Å². The molecule has 2 aromatic carbocycles. The fourth-order valence-corrected chi connectivity index (χ4v) is 5.50. The molecule has 1 N–H and O–H groups in total. The summed E-state index contributed by atoms with van der Waals surface area (Å²) in [5.74, 6) is -6.19. The highest BCUT2D eigenvalue weighted by atomic mass is 32.2. The molecule has 4 aromatic rings. The molecule has 0 saturated carbocycles. The van der Waals surface area contributed by atoms with Gasteiger partial charge in [-0.05, 0) is 64.4 Å². The van der Waals surface area contributed by atoms with Gasteiger partial charge in [0.2, 0.25) is 11.8 Å². The van der Waals surface area contributed by atoms with Crippen LogP contribution in [0.15, 0.2) is 59.1 Å². The molecule has 1 aliphatic heterocycles. The molecule has 0 bridgehead atoms. The van der Waals surface area contributed by atoms with Crippen molar-refractivity contribution in [1.29, 1.82) is 0 Å². The molecule has 2 amide bonds. The van der Waals surface area contributed by atoms with Crippen LogP contribution in [0.25, 0.3) is 22.7 Å². The van der Waals surface area contributed by atoms with Gasteiger partial charge in [0.05, 0.1) is 36.8 Å². The Kier molecular flexibility index (Phi) is 9.47. The number of amides is 2. The Morgan fingerprint density at radius 3 is 2.34 bits per heavy atom. The summed E-state index contributed by atoms with van der Waals surface area (Å²) in [5.41, 5.74) is -0.778. The lowest BCUT2D eigenvalue weighted by Crippen LogP contribution is -2.49. The second-order valence-corrected chi connectivity index (χ2v) is 15.9. The Balaban J connectivity index is 1.59. The van der Waals surface area contributed by atoms with Gasteiger partial charge in [0.1, 0.15) is 28.0 Å². The maximum absolute atomic E-state index is 16.0. The minimum atomic E-state index is -3.82. The minimum Gasteiger partial charge on any atom is -0.495 e. The number of anilines is 1. The van der Waals surface area contributed by atoms with Crippen molar-refractivity contribution in [3.8, 4) is 28.5 Å². The van der Waals surface area contributed by atoms with E-state index < -0.39 is 73.4 Å². The lowest BCUT2D eigenvalue weighted by Gasteiger charge is -2.27. The molecule has 0 spiro atoms. The molecule has 1 aliphatic rings. The number of aromatic nitrogens is 3. The summed E-state index contributed by atoms with van der Waals surface area (Å²) in [7, 11) is -2.25. The zero-order valence-corrected chi connectivity index (χ0v) is 29.2. The normalized spacial score (nSPS) is 16.4. The number of carbonyl (C=O) groups excluding carboxylic acids is 2. The van der Waals surface area contributed by atoms with Crippen LogP contribution in [0.2, 0.25) is 0 Å². The number of ether oxygens (including phenoxy) is 2. The van der Waals surface area contributed by atoms with Crippen LogP contribution in [0.5, 0.6) is 5.75 Å². The number of methoxy groups -OCH3 is 1. The minimum absolute atomic E-state index is 0.272. The van der Waals surface area contributed by atoms with Gasteiger partial charge in [0.15, 0.2) is 9.84 Å². The summed E-state index contributed by atoms with van der Waals surface area (Å²) in [4.78, 5) is 32.2. The van der Waals surface area contributed by atoms with Crippen LogP contribution < -0.4 is 15.0 Å². The molecule has 2 aromatic heterocycles. The predicted octanol–water partition coefficient (Wildman–Crippen LogP) is 6.15. The van der Waals surface area contributed by atoms with Crippen molar-refractivity contribution in [2.75, 3.05) is 18.3 Å². The molecule has 0 fully saturated rings. The van der Waals surface area contributed by atoms with Crippen LogP contribution in [0.1, 0.15) is 58.1 Å². The van der Waals surface area contributed by atoms with E-state index in [1.807, 2.05) is 0 Å². The van der Waals surface area contributed by atoms with E-state index in [2.05, 4.69) is 20.5 Å². The van der Waals surface area contributed by atoms with Crippen LogP contribution in [0.3, 0.4) is 0 Å². The molecular weight excluding hydrogens is 679 g/mol. The Morgan fingerprint density at radius 2 is 1.76 bits per heavy atom. The lowest BCUT2D eigenvalue weighted by atomic mass is 9.99. The van der Waals surface area contributed by atoms with Gasteiger partial charge in [0, 0.05) is 23.8 Å². The van der Waals surface area contributed by atoms with Gasteiger partial charge in [-0.1, -0.05) is 24.3 Å². The van der Waals surface area contributed by atoms with Gasteiger partial charge in [-0.25, -0.2) is 26.4 Å². The van der Waals surface area contributed by atoms with E-state index in [0.717, 1.165) is 22.8 Å². The number of halogens is 3. The third kappa shape index (κ3) is 7.44. The maximum Gasteiger partial charge on any atom is 0.408 e. The van der Waals surface area contributed by atoms with Crippen LogP contribution in [0, 0.1) is 5.82 Å². The number of nitrogens with zero attached hydrogens (tertiary/aromatic N) is 4. The van der Waals surface area contributed by atoms with Crippen molar-refractivity contribution in [1.82, 2.24) is 20.5 Å². The maximum atomic E-state index is 16.0. The standard InChI is InChI=1S/C34H36F3N5O7S/c1-32(2,3)49-31(44)39-26-16-34(36,37)23-15-24(35)22(28-40-41-30(48-28)33(4,5)50(7,45)46)14-27(23)42(29(26)43)18-19-8-10-20(11-9-19)25-13-12-21(47-6)17-38-25/h8-15,17,26H,16,18H2,1-7H3,(H,39,44). The van der Waals surface area contributed by atoms with E-state index in [0.29, 0.717) is 23.1 Å². The number of sulfone groups is 1. The second kappa shape index (κ2) is 13.0. The largest absolute Gasteiger partial charge is 0.495 e. The van der Waals surface area contributed by atoms with E-state index in [9.17, 15) is 18.0 Å². The summed E-state index contributed by atoms with van der Waals surface area (Å²) in [5, 5.41) is 9.85. The second-order valence-electron chi connectivity index (χ2n) is 13.4. The molecule has 16 heteroatoms. The van der Waals surface area contributed by atoms with Crippen molar-refractivity contribution < 1.29 is 45.1 Å². The number of fused-ring (bicyclic) bond motifs is 1. The number of hydrogen-bond acceptors (Lipinski definition) is 10. The number of rotatable bonds is 8. The van der Waals surface area contributed by atoms with Crippen LogP contribution in [-0.2, 0) is 36.6 Å². The average Bonchev–Trinajstić information content (AvgIpc) is 3.51. The highest BCUT2D eigenvalue weighted by Crippen LogP contribution is 2.45. The number of pyridine rings is 1. The number of benzene rings is 2. The first-order chi connectivity index (χ1) is 23.2. The van der Waals surface area contributed by atoms with E-state index in [-0.39, 0.29) is 18.1 Å². The Morgan fingerprint density at radius 1 is 1.08 bits per heavy atom. The number of hydrogen-bond donors (Lipinski definition) is 1. The van der Waals surface area contributed by atoms with Gasteiger partial charge in [-0.3, -0.25) is 9.78 Å². The fourth-order valence-electron chi connectivity index (χ4n) is 5.10. The third-order valence-electron chi connectivity index (χ3n) is 8.15. The number of alkyl carbamates (subject to hydrolysis) is 1. The summed E-state index contributed by atoms with van der Waals surface area (Å²) in [6.45, 7) is 7.10. The molecule has 1 unspecified atom stereocenters. The molecule has 3 heterocycles. The van der Waals surface area contributed by atoms with E-state index in [1.165, 1.54) is 21.0 Å². The molecule has 50 heavy (non-hydrogen) atoms. The predicted molar refractivity (Wildman–Crippen MR) is 177 cm³/mol. The van der Waals surface area contributed by atoms with Crippen molar-refractivity contribution in [2.45, 2.75) is 69.9 Å². The van der Waals surface area contributed by atoms with E-state index in [4.69, 9.17) is 13.9 Å². The highest BCUT2D eigenvalue weighted by molar-refractivity contribution is 7.91. The first kappa shape index (κ1) is 36.3. The van der Waals surface area contributed by atoms with Crippen molar-refractivity contribution in [2.24, 2.45) is 0 Å². The number of nitrogens with one attached hydrogen (secondary N) is 1. The van der Waals surface area contributed by atoms with Gasteiger partial charge >= 0.3 is 6.09 Å². The summed E-state index contributed by atoms with van der Waals surface area (Å²) in [6.07, 6.45) is 0.238. The van der Waals surface area contributed by atoms with Crippen LogP contribution in [0.4, 0.5) is 23.7 Å². The Hall–Kier alpha value is -4.99. The third-order valence-corrected chi connectivity index (χ3v) is 10.2. The SMILES string of the molecule is COc1ccc(-c2ccc(CN3C(=O)C(NC(=O)OC(C)(C)C)CC(F)(F)c4cc(F)c(-c5nnc(C(C)(C)S(C)(=O)=O)o5)cc43)cc2)nc1. The van der Waals surface area contributed by atoms with Crippen molar-refractivity contribution in [3.63, 3.8) is 0 Å². The lowest BCUT2D eigenvalue weighted by molar-refractivity contribution is -0.123. The zero-order valence-electron chi connectivity index (χ0n) is 28.4. The first-order valence-corrected chi connectivity index (χ1v) is 17.3. The zero-order chi connectivity index (χ0) is 36.8. The van der Waals surface area contributed by atoms with Gasteiger partial charge in [0.25, 0.3) is 11.8 Å². The molecule has 5 rings (SSSR count). The number of alkyl halides is 2. The quantitative estimate of drug-likeness (QED) is 0.225. The summed E-state index contributed by atoms with van der Waals surface area (Å²) < 4.78 is 86.7. The van der Waals surface area contributed by atoms with Gasteiger partial charge < -0.3 is 24.1 Å². The van der Waals surface area contributed by atoms with Gasteiger partial charge in [-0.2, -0.15) is 0 Å². The molecule has 0 saturated heterocycles. The Bertz CT molecular complexity index is 2030. The van der Waals surface area contributed by atoms with Crippen molar-refractivity contribution in [3.05, 3.63) is 77.6 Å². The molecule has 266 valence electrons. The van der Waals surface area contributed by atoms with E-state index in [1.54, 1.807) is 63.4 Å². The average molecular weight is 716 g/mol. The molecular formula is C34H36F3N5O7S. The Labute approximate surface area is 286 Å². The number of carbonyl (C=O) groups is 2. The smallest absolute Gasteiger partial charge is 0.408 e. The first-order valence-electron chi connectivity index (χ1n) is 15.4. The van der Waals surface area contributed by atoms with E-state index >= 15 is 13.2 Å². The topological polar surface area (TPSA) is 154 Å². The van der Waals surface area contributed by atoms with Gasteiger partial charge in [-0.15, -0.1) is 10.2 Å². The monoisotopic (exact) mass is 715 g/mol. The molecule has 12 nitrogen and oxygen atoms in total.